The second kappa shape index (κ2) is 8.56. The Labute approximate surface area is 160 Å². The number of ether oxygens (including phenoxy) is 1. The van der Waals surface area contributed by atoms with E-state index in [0.717, 1.165) is 20.9 Å². The van der Waals surface area contributed by atoms with Crippen LogP contribution >= 0.6 is 34.7 Å². The molecule has 0 radical (unpaired) electrons. The first-order chi connectivity index (χ1) is 12.1. The first-order valence-corrected chi connectivity index (χ1v) is 9.98. The molecule has 0 unspecified atom stereocenters. The fourth-order valence-corrected chi connectivity index (χ4v) is 4.01. The van der Waals surface area contributed by atoms with Gasteiger partial charge in [-0.25, -0.2) is 0 Å². The Balaban J connectivity index is 1.50. The second-order valence-electron chi connectivity index (χ2n) is 5.37. The summed E-state index contributed by atoms with van der Waals surface area (Å²) >= 11 is 9.22. The van der Waals surface area contributed by atoms with E-state index < -0.39 is 0 Å². The zero-order chi connectivity index (χ0) is 17.6. The highest BCUT2D eigenvalue weighted by Crippen LogP contribution is 2.30. The third-order valence-electron chi connectivity index (χ3n) is 3.66. The normalized spacial score (nSPS) is 10.7. The van der Waals surface area contributed by atoms with Crippen LogP contribution in [0.25, 0.3) is 0 Å². The lowest BCUT2D eigenvalue weighted by atomic mass is 10.1. The molecule has 0 aliphatic rings. The van der Waals surface area contributed by atoms with Crippen LogP contribution in [0.3, 0.4) is 0 Å². The van der Waals surface area contributed by atoms with E-state index in [4.69, 9.17) is 16.3 Å². The Morgan fingerprint density at radius 3 is 2.80 bits per heavy atom. The van der Waals surface area contributed by atoms with Crippen molar-refractivity contribution in [1.82, 2.24) is 10.2 Å². The molecule has 1 heterocycles. The van der Waals surface area contributed by atoms with Crippen LogP contribution in [0.1, 0.15) is 11.1 Å². The van der Waals surface area contributed by atoms with Gasteiger partial charge < -0.3 is 10.1 Å². The minimum absolute atomic E-state index is 0.563. The monoisotopic (exact) mass is 391 g/mol. The molecular formula is C18H18ClN3OS2. The molecule has 3 aromatic rings. The molecule has 3 rings (SSSR count). The van der Waals surface area contributed by atoms with Gasteiger partial charge in [-0.05, 0) is 43.2 Å². The van der Waals surface area contributed by atoms with Gasteiger partial charge in [0.15, 0.2) is 4.34 Å². The fourth-order valence-electron chi connectivity index (χ4n) is 2.16. The Morgan fingerprint density at radius 1 is 1.12 bits per heavy atom. The average molecular weight is 392 g/mol. The molecule has 0 saturated heterocycles. The van der Waals surface area contributed by atoms with Crippen LogP contribution in [0, 0.1) is 13.8 Å². The Kier molecular flexibility index (Phi) is 6.18. The maximum atomic E-state index is 6.06. The van der Waals surface area contributed by atoms with Crippen molar-refractivity contribution in [3.63, 3.8) is 0 Å². The third kappa shape index (κ3) is 4.87. The minimum atomic E-state index is 0.563. The number of nitrogens with zero attached hydrogens (tertiary/aromatic N) is 2. The molecule has 0 fully saturated rings. The van der Waals surface area contributed by atoms with E-state index in [9.17, 15) is 0 Å². The Bertz CT molecular complexity index is 854. The SMILES string of the molecule is Cc1cccc(Nc2nnc(SCCOc3ccccc3Cl)s2)c1C. The number of rotatable bonds is 7. The summed E-state index contributed by atoms with van der Waals surface area (Å²) in [5.41, 5.74) is 3.54. The second-order valence-corrected chi connectivity index (χ2v) is 8.10. The number of benzene rings is 2. The standard InChI is InChI=1S/C18H18ClN3OS2/c1-12-6-5-8-15(13(12)2)20-17-21-22-18(25-17)24-11-10-23-16-9-4-3-7-14(16)19/h3-9H,10-11H2,1-2H3,(H,20,21). The largest absolute Gasteiger partial charge is 0.491 e. The lowest BCUT2D eigenvalue weighted by Crippen LogP contribution is -2.00. The summed E-state index contributed by atoms with van der Waals surface area (Å²) in [5.74, 6) is 1.49. The lowest BCUT2D eigenvalue weighted by Gasteiger charge is -2.08. The Hall–Kier alpha value is -1.76. The number of nitrogens with one attached hydrogen (secondary N) is 1. The number of aromatic nitrogens is 2. The van der Waals surface area contributed by atoms with Gasteiger partial charge in [-0.2, -0.15) is 0 Å². The van der Waals surface area contributed by atoms with Crippen LogP contribution in [0.4, 0.5) is 10.8 Å². The first-order valence-electron chi connectivity index (χ1n) is 7.80. The molecule has 0 saturated carbocycles. The van der Waals surface area contributed by atoms with E-state index in [2.05, 4.69) is 35.4 Å². The summed E-state index contributed by atoms with van der Waals surface area (Å²) in [4.78, 5) is 0. The van der Waals surface area contributed by atoms with Gasteiger partial charge in [0.1, 0.15) is 5.75 Å². The van der Waals surface area contributed by atoms with Crippen molar-refractivity contribution in [3.8, 4) is 5.75 Å². The summed E-state index contributed by atoms with van der Waals surface area (Å²) in [6.45, 7) is 4.76. The van der Waals surface area contributed by atoms with E-state index >= 15 is 0 Å². The highest BCUT2D eigenvalue weighted by atomic mass is 35.5. The van der Waals surface area contributed by atoms with E-state index in [1.165, 1.54) is 22.5 Å². The number of anilines is 2. The fraction of sp³-hybridized carbons (Fsp3) is 0.222. The number of aryl methyl sites for hydroxylation is 1. The van der Waals surface area contributed by atoms with Gasteiger partial charge in [0, 0.05) is 11.4 Å². The summed E-state index contributed by atoms with van der Waals surface area (Å²) in [7, 11) is 0. The first kappa shape index (κ1) is 18.0. The molecule has 1 aromatic heterocycles. The van der Waals surface area contributed by atoms with Crippen LogP contribution in [0.5, 0.6) is 5.75 Å². The van der Waals surface area contributed by atoms with Crippen molar-refractivity contribution in [2.75, 3.05) is 17.7 Å². The van der Waals surface area contributed by atoms with Crippen molar-refractivity contribution < 1.29 is 4.74 Å². The molecule has 0 amide bonds. The minimum Gasteiger partial charge on any atom is -0.491 e. The van der Waals surface area contributed by atoms with E-state index in [1.54, 1.807) is 11.8 Å². The molecule has 0 aliphatic heterocycles. The Morgan fingerprint density at radius 2 is 1.96 bits per heavy atom. The number of hydrogen-bond donors (Lipinski definition) is 1. The van der Waals surface area contributed by atoms with Gasteiger partial charge >= 0.3 is 0 Å². The number of hydrogen-bond acceptors (Lipinski definition) is 6. The molecule has 0 bridgehead atoms. The van der Waals surface area contributed by atoms with E-state index in [1.807, 2.05) is 36.4 Å². The maximum absolute atomic E-state index is 6.06. The maximum Gasteiger partial charge on any atom is 0.210 e. The molecule has 4 nitrogen and oxygen atoms in total. The van der Waals surface area contributed by atoms with Crippen molar-refractivity contribution in [2.45, 2.75) is 18.2 Å². The topological polar surface area (TPSA) is 47.0 Å². The third-order valence-corrected chi connectivity index (χ3v) is 5.90. The van der Waals surface area contributed by atoms with Crippen LogP contribution in [-0.4, -0.2) is 22.6 Å². The predicted octanol–water partition coefficient (Wildman–Crippen LogP) is 5.72. The molecule has 7 heteroatoms. The molecule has 2 aromatic carbocycles. The lowest BCUT2D eigenvalue weighted by molar-refractivity contribution is 0.344. The van der Waals surface area contributed by atoms with Crippen molar-refractivity contribution in [1.29, 1.82) is 0 Å². The van der Waals surface area contributed by atoms with Crippen LogP contribution in [-0.2, 0) is 0 Å². The predicted molar refractivity (Wildman–Crippen MR) is 107 cm³/mol. The van der Waals surface area contributed by atoms with Crippen molar-refractivity contribution in [2.24, 2.45) is 0 Å². The summed E-state index contributed by atoms with van der Waals surface area (Å²) < 4.78 is 6.59. The van der Waals surface area contributed by atoms with Crippen LogP contribution < -0.4 is 10.1 Å². The summed E-state index contributed by atoms with van der Waals surface area (Å²) in [5, 5.41) is 13.2. The average Bonchev–Trinajstić information content (AvgIpc) is 3.05. The molecule has 0 spiro atoms. The summed E-state index contributed by atoms with van der Waals surface area (Å²) in [6.07, 6.45) is 0. The zero-order valence-electron chi connectivity index (χ0n) is 14.0. The number of para-hydroxylation sites is 1. The highest BCUT2D eigenvalue weighted by Gasteiger charge is 2.08. The highest BCUT2D eigenvalue weighted by molar-refractivity contribution is 8.01. The molecule has 0 aliphatic carbocycles. The van der Waals surface area contributed by atoms with Crippen LogP contribution in [0.15, 0.2) is 46.8 Å². The van der Waals surface area contributed by atoms with Crippen LogP contribution in [0.2, 0.25) is 5.02 Å². The summed E-state index contributed by atoms with van der Waals surface area (Å²) in [6, 6.07) is 13.7. The molecule has 0 atom stereocenters. The van der Waals surface area contributed by atoms with E-state index in [0.29, 0.717) is 17.4 Å². The zero-order valence-corrected chi connectivity index (χ0v) is 16.3. The van der Waals surface area contributed by atoms with Gasteiger partial charge in [0.05, 0.1) is 11.6 Å². The quantitative estimate of drug-likeness (QED) is 0.412. The smallest absolute Gasteiger partial charge is 0.210 e. The van der Waals surface area contributed by atoms with Gasteiger partial charge in [0.25, 0.3) is 0 Å². The van der Waals surface area contributed by atoms with Gasteiger partial charge in [0.2, 0.25) is 5.13 Å². The van der Waals surface area contributed by atoms with Gasteiger partial charge in [-0.1, -0.05) is 59.0 Å². The molecule has 25 heavy (non-hydrogen) atoms. The molecule has 1 N–H and O–H groups in total. The van der Waals surface area contributed by atoms with Crippen molar-refractivity contribution >= 4 is 45.5 Å². The number of thioether (sulfide) groups is 1. The molecule has 130 valence electrons. The molecular weight excluding hydrogens is 374 g/mol. The van der Waals surface area contributed by atoms with Crippen molar-refractivity contribution in [3.05, 3.63) is 58.6 Å². The van der Waals surface area contributed by atoms with Gasteiger partial charge in [-0.15, -0.1) is 10.2 Å². The number of halogens is 1. The van der Waals surface area contributed by atoms with Gasteiger partial charge in [-0.3, -0.25) is 0 Å². The van der Waals surface area contributed by atoms with E-state index in [-0.39, 0.29) is 0 Å².